The van der Waals surface area contributed by atoms with Gasteiger partial charge in [-0.05, 0) is 38.1 Å². The number of ether oxygens (including phenoxy) is 2. The number of rotatable bonds is 7. The molecule has 0 aliphatic carbocycles. The topological polar surface area (TPSA) is 78.3 Å². The summed E-state index contributed by atoms with van der Waals surface area (Å²) in [5.41, 5.74) is 3.61. The smallest absolute Gasteiger partial charge is 0.336 e. The summed E-state index contributed by atoms with van der Waals surface area (Å²) >= 11 is 0. The SMILES string of the molecule is CCOc1nc(-c2ccc(C)cc2)n(-c2ccc(NC(=O)COC)cc2)n1. The monoisotopic (exact) mass is 366 g/mol. The van der Waals surface area contributed by atoms with Crippen LogP contribution in [0.3, 0.4) is 0 Å². The fourth-order valence-corrected chi connectivity index (χ4v) is 2.57. The van der Waals surface area contributed by atoms with Crippen LogP contribution >= 0.6 is 0 Å². The number of amides is 1. The Kier molecular flexibility index (Phi) is 5.83. The number of nitrogens with zero attached hydrogens (tertiary/aromatic N) is 3. The average molecular weight is 366 g/mol. The van der Waals surface area contributed by atoms with Crippen LogP contribution in [0.25, 0.3) is 17.1 Å². The van der Waals surface area contributed by atoms with Gasteiger partial charge >= 0.3 is 6.01 Å². The molecule has 0 saturated heterocycles. The molecule has 0 atom stereocenters. The summed E-state index contributed by atoms with van der Waals surface area (Å²) < 4.78 is 12.0. The molecule has 0 saturated carbocycles. The molecule has 0 bridgehead atoms. The van der Waals surface area contributed by atoms with Crippen LogP contribution in [0.15, 0.2) is 48.5 Å². The predicted molar refractivity (Wildman–Crippen MR) is 103 cm³/mol. The molecule has 1 aromatic heterocycles. The summed E-state index contributed by atoms with van der Waals surface area (Å²) in [7, 11) is 1.48. The summed E-state index contributed by atoms with van der Waals surface area (Å²) in [4.78, 5) is 16.1. The van der Waals surface area contributed by atoms with E-state index in [2.05, 4.69) is 15.4 Å². The largest absolute Gasteiger partial charge is 0.463 e. The van der Waals surface area contributed by atoms with Gasteiger partial charge in [-0.15, -0.1) is 5.10 Å². The zero-order valence-corrected chi connectivity index (χ0v) is 15.6. The third kappa shape index (κ3) is 4.51. The van der Waals surface area contributed by atoms with Crippen molar-refractivity contribution in [1.29, 1.82) is 0 Å². The van der Waals surface area contributed by atoms with E-state index in [9.17, 15) is 4.79 Å². The molecule has 0 unspecified atom stereocenters. The normalized spacial score (nSPS) is 10.6. The first kappa shape index (κ1) is 18.6. The van der Waals surface area contributed by atoms with Gasteiger partial charge in [0.25, 0.3) is 0 Å². The van der Waals surface area contributed by atoms with E-state index in [0.717, 1.165) is 11.3 Å². The van der Waals surface area contributed by atoms with Crippen molar-refractivity contribution in [3.05, 3.63) is 54.1 Å². The minimum absolute atomic E-state index is 0.0140. The highest BCUT2D eigenvalue weighted by atomic mass is 16.5. The maximum absolute atomic E-state index is 11.6. The number of hydrogen-bond donors (Lipinski definition) is 1. The zero-order chi connectivity index (χ0) is 19.2. The molecule has 3 aromatic rings. The number of nitrogens with one attached hydrogen (secondary N) is 1. The first-order valence-corrected chi connectivity index (χ1v) is 8.67. The number of carbonyl (C=O) groups is 1. The van der Waals surface area contributed by atoms with Gasteiger partial charge in [0.1, 0.15) is 6.61 Å². The van der Waals surface area contributed by atoms with E-state index in [4.69, 9.17) is 9.47 Å². The molecule has 1 heterocycles. The summed E-state index contributed by atoms with van der Waals surface area (Å²) in [5, 5.41) is 7.23. The Bertz CT molecular complexity index is 902. The van der Waals surface area contributed by atoms with E-state index in [1.807, 2.05) is 62.4 Å². The second kappa shape index (κ2) is 8.46. The van der Waals surface area contributed by atoms with Crippen molar-refractivity contribution >= 4 is 11.6 Å². The number of anilines is 1. The number of methoxy groups -OCH3 is 1. The Hall–Kier alpha value is -3.19. The van der Waals surface area contributed by atoms with Gasteiger partial charge in [-0.25, -0.2) is 4.68 Å². The molecule has 1 N–H and O–H groups in total. The van der Waals surface area contributed by atoms with Crippen molar-refractivity contribution in [2.45, 2.75) is 13.8 Å². The molecule has 0 radical (unpaired) electrons. The van der Waals surface area contributed by atoms with Crippen LogP contribution in [-0.2, 0) is 9.53 Å². The molecule has 7 heteroatoms. The lowest BCUT2D eigenvalue weighted by atomic mass is 10.1. The molecule has 3 rings (SSSR count). The first-order chi connectivity index (χ1) is 13.1. The van der Waals surface area contributed by atoms with Crippen molar-refractivity contribution in [3.8, 4) is 23.1 Å². The molecule has 2 aromatic carbocycles. The van der Waals surface area contributed by atoms with Gasteiger partial charge in [-0.1, -0.05) is 29.8 Å². The number of aromatic nitrogens is 3. The molecule has 0 aliphatic rings. The maximum atomic E-state index is 11.6. The Morgan fingerprint density at radius 2 is 1.81 bits per heavy atom. The standard InChI is InChI=1S/C20H22N4O3/c1-4-27-20-22-19(15-7-5-14(2)6-8-15)24(23-20)17-11-9-16(10-12-17)21-18(25)13-26-3/h5-12H,4,13H2,1-3H3,(H,21,25). The predicted octanol–water partition coefficient (Wildman–Crippen LogP) is 3.23. The summed E-state index contributed by atoms with van der Waals surface area (Å²) in [6.07, 6.45) is 0. The van der Waals surface area contributed by atoms with Crippen molar-refractivity contribution in [2.75, 3.05) is 25.6 Å². The third-order valence-electron chi connectivity index (χ3n) is 3.84. The van der Waals surface area contributed by atoms with E-state index >= 15 is 0 Å². The van der Waals surface area contributed by atoms with Crippen LogP contribution < -0.4 is 10.1 Å². The molecule has 0 aliphatic heterocycles. The summed E-state index contributed by atoms with van der Waals surface area (Å²) in [5.74, 6) is 0.486. The van der Waals surface area contributed by atoms with Gasteiger partial charge in [0, 0.05) is 18.4 Å². The van der Waals surface area contributed by atoms with Crippen LogP contribution in [0.4, 0.5) is 5.69 Å². The van der Waals surface area contributed by atoms with E-state index in [1.54, 1.807) is 4.68 Å². The van der Waals surface area contributed by atoms with Crippen LogP contribution in [-0.4, -0.2) is 41.0 Å². The van der Waals surface area contributed by atoms with Gasteiger partial charge in [-0.3, -0.25) is 4.79 Å². The maximum Gasteiger partial charge on any atom is 0.336 e. The van der Waals surface area contributed by atoms with Crippen LogP contribution in [0.1, 0.15) is 12.5 Å². The molecule has 7 nitrogen and oxygen atoms in total. The van der Waals surface area contributed by atoms with E-state index in [-0.39, 0.29) is 12.5 Å². The van der Waals surface area contributed by atoms with Crippen molar-refractivity contribution in [1.82, 2.24) is 14.8 Å². The van der Waals surface area contributed by atoms with Crippen molar-refractivity contribution in [3.63, 3.8) is 0 Å². The Labute approximate surface area is 158 Å². The number of benzene rings is 2. The molecular formula is C20H22N4O3. The lowest BCUT2D eigenvalue weighted by molar-refractivity contribution is -0.119. The summed E-state index contributed by atoms with van der Waals surface area (Å²) in [6, 6.07) is 15.7. The molecule has 0 spiro atoms. The lowest BCUT2D eigenvalue weighted by Gasteiger charge is -2.08. The quantitative estimate of drug-likeness (QED) is 0.695. The van der Waals surface area contributed by atoms with Gasteiger partial charge in [0.05, 0.1) is 12.3 Å². The zero-order valence-electron chi connectivity index (χ0n) is 15.6. The minimum atomic E-state index is -0.204. The Morgan fingerprint density at radius 3 is 2.44 bits per heavy atom. The minimum Gasteiger partial charge on any atom is -0.463 e. The Morgan fingerprint density at radius 1 is 1.11 bits per heavy atom. The summed E-state index contributed by atoms with van der Waals surface area (Å²) in [6.45, 7) is 4.43. The van der Waals surface area contributed by atoms with Crippen LogP contribution in [0, 0.1) is 6.92 Å². The third-order valence-corrected chi connectivity index (χ3v) is 3.84. The number of aryl methyl sites for hydroxylation is 1. The van der Waals surface area contributed by atoms with Gasteiger partial charge < -0.3 is 14.8 Å². The van der Waals surface area contributed by atoms with E-state index < -0.39 is 0 Å². The van der Waals surface area contributed by atoms with Gasteiger partial charge in [0.15, 0.2) is 5.82 Å². The van der Waals surface area contributed by atoms with Crippen LogP contribution in [0.5, 0.6) is 6.01 Å². The molecular weight excluding hydrogens is 344 g/mol. The second-order valence-electron chi connectivity index (χ2n) is 5.96. The lowest BCUT2D eigenvalue weighted by Crippen LogP contribution is -2.17. The highest BCUT2D eigenvalue weighted by Gasteiger charge is 2.14. The Balaban J connectivity index is 1.93. The molecule has 1 amide bonds. The molecule has 0 fully saturated rings. The highest BCUT2D eigenvalue weighted by molar-refractivity contribution is 5.91. The van der Waals surface area contributed by atoms with Gasteiger partial charge in [-0.2, -0.15) is 4.98 Å². The van der Waals surface area contributed by atoms with Crippen molar-refractivity contribution in [2.24, 2.45) is 0 Å². The first-order valence-electron chi connectivity index (χ1n) is 8.67. The van der Waals surface area contributed by atoms with Crippen LogP contribution in [0.2, 0.25) is 0 Å². The fourth-order valence-electron chi connectivity index (χ4n) is 2.57. The van der Waals surface area contributed by atoms with E-state index in [1.165, 1.54) is 12.7 Å². The van der Waals surface area contributed by atoms with E-state index in [0.29, 0.717) is 24.1 Å². The fraction of sp³-hybridized carbons (Fsp3) is 0.250. The number of hydrogen-bond acceptors (Lipinski definition) is 5. The molecule has 27 heavy (non-hydrogen) atoms. The molecule has 140 valence electrons. The van der Waals surface area contributed by atoms with Crippen molar-refractivity contribution < 1.29 is 14.3 Å². The highest BCUT2D eigenvalue weighted by Crippen LogP contribution is 2.24. The van der Waals surface area contributed by atoms with Gasteiger partial charge in [0.2, 0.25) is 5.91 Å². The second-order valence-corrected chi connectivity index (χ2v) is 5.96. The average Bonchev–Trinajstić information content (AvgIpc) is 3.07. The number of carbonyl (C=O) groups excluding carboxylic acids is 1.